The minimum Gasteiger partial charge on any atom is -0.465 e. The summed E-state index contributed by atoms with van der Waals surface area (Å²) in [6, 6.07) is 0. The topological polar surface area (TPSA) is 88.5 Å². The molecular formula is C11H17N3O2. The van der Waals surface area contributed by atoms with Crippen LogP contribution in [0.4, 0.5) is 0 Å². The Kier molecular flexibility index (Phi) is 4.69. The monoisotopic (exact) mass is 223 g/mol. The fraction of sp³-hybridized carbons (Fsp3) is 0.545. The molecule has 88 valence electrons. The molecule has 0 amide bonds. The van der Waals surface area contributed by atoms with Gasteiger partial charge in [0.05, 0.1) is 6.61 Å². The van der Waals surface area contributed by atoms with E-state index in [4.69, 9.17) is 15.9 Å². The van der Waals surface area contributed by atoms with Crippen molar-refractivity contribution in [3.05, 3.63) is 11.3 Å². The highest BCUT2D eigenvalue weighted by atomic mass is 16.5. The lowest BCUT2D eigenvalue weighted by molar-refractivity contribution is -0.141. The maximum atomic E-state index is 11.1. The standard InChI is InChI=1S/C11H17N3O2/c1-2-16-11(15)7-14-10-5-3-4-9(13)8(10)6-12/h6,12H,2-5,7,13H2,1H3. The van der Waals surface area contributed by atoms with E-state index in [9.17, 15) is 4.79 Å². The molecule has 0 fully saturated rings. The van der Waals surface area contributed by atoms with Crippen LogP contribution in [0, 0.1) is 5.41 Å². The Hall–Kier alpha value is -1.65. The average Bonchev–Trinajstić information content (AvgIpc) is 2.27. The highest BCUT2D eigenvalue weighted by Crippen LogP contribution is 2.18. The number of nitrogens with two attached hydrogens (primary N) is 1. The lowest BCUT2D eigenvalue weighted by Crippen LogP contribution is -2.19. The summed E-state index contributed by atoms with van der Waals surface area (Å²) in [6.07, 6.45) is 3.69. The van der Waals surface area contributed by atoms with Crippen LogP contribution < -0.4 is 5.73 Å². The van der Waals surface area contributed by atoms with Crippen LogP contribution in [0.15, 0.2) is 16.3 Å². The number of hydrogen-bond acceptors (Lipinski definition) is 5. The Bertz CT molecular complexity index is 345. The number of ether oxygens (including phenoxy) is 1. The predicted molar refractivity (Wildman–Crippen MR) is 62.8 cm³/mol. The molecule has 1 rings (SSSR count). The van der Waals surface area contributed by atoms with Gasteiger partial charge in [0.25, 0.3) is 0 Å². The van der Waals surface area contributed by atoms with Gasteiger partial charge in [-0.05, 0) is 26.2 Å². The molecule has 0 aromatic carbocycles. The Labute approximate surface area is 94.9 Å². The summed E-state index contributed by atoms with van der Waals surface area (Å²) < 4.78 is 4.78. The molecule has 1 aliphatic rings. The van der Waals surface area contributed by atoms with E-state index in [1.54, 1.807) is 6.92 Å². The van der Waals surface area contributed by atoms with Crippen LogP contribution in [0.3, 0.4) is 0 Å². The van der Waals surface area contributed by atoms with Crippen molar-refractivity contribution in [3.8, 4) is 0 Å². The molecule has 0 bridgehead atoms. The lowest BCUT2D eigenvalue weighted by Gasteiger charge is -2.16. The molecule has 0 aromatic heterocycles. The molecule has 5 nitrogen and oxygen atoms in total. The van der Waals surface area contributed by atoms with Crippen LogP contribution in [0.1, 0.15) is 26.2 Å². The van der Waals surface area contributed by atoms with Crippen LogP contribution >= 0.6 is 0 Å². The van der Waals surface area contributed by atoms with Gasteiger partial charge in [-0.25, -0.2) is 0 Å². The van der Waals surface area contributed by atoms with Crippen molar-refractivity contribution >= 4 is 17.9 Å². The molecule has 0 saturated heterocycles. The number of nitrogens with one attached hydrogen (secondary N) is 1. The van der Waals surface area contributed by atoms with E-state index < -0.39 is 0 Å². The highest BCUT2D eigenvalue weighted by molar-refractivity contribution is 6.16. The van der Waals surface area contributed by atoms with Crippen LogP contribution in [0.2, 0.25) is 0 Å². The predicted octanol–water partition coefficient (Wildman–Crippen LogP) is 1.04. The minimum atomic E-state index is -0.344. The lowest BCUT2D eigenvalue weighted by atomic mass is 9.95. The molecule has 0 unspecified atom stereocenters. The van der Waals surface area contributed by atoms with Gasteiger partial charge in [-0.3, -0.25) is 9.79 Å². The average molecular weight is 223 g/mol. The number of esters is 1. The molecule has 0 spiro atoms. The van der Waals surface area contributed by atoms with Crippen molar-refractivity contribution in [1.82, 2.24) is 0 Å². The van der Waals surface area contributed by atoms with Gasteiger partial charge in [-0.15, -0.1) is 0 Å². The largest absolute Gasteiger partial charge is 0.465 e. The summed E-state index contributed by atoms with van der Waals surface area (Å²) in [4.78, 5) is 15.3. The summed E-state index contributed by atoms with van der Waals surface area (Å²) in [5, 5.41) is 7.26. The van der Waals surface area contributed by atoms with Crippen LogP contribution in [-0.4, -0.2) is 31.0 Å². The fourth-order valence-electron chi connectivity index (χ4n) is 1.61. The third-order valence-electron chi connectivity index (χ3n) is 2.37. The smallest absolute Gasteiger partial charge is 0.327 e. The number of rotatable bonds is 4. The normalized spacial score (nSPS) is 18.7. The Morgan fingerprint density at radius 3 is 3.00 bits per heavy atom. The maximum absolute atomic E-state index is 11.1. The first-order valence-electron chi connectivity index (χ1n) is 5.37. The number of nitrogens with zero attached hydrogens (tertiary/aromatic N) is 1. The van der Waals surface area contributed by atoms with E-state index in [-0.39, 0.29) is 12.5 Å². The summed E-state index contributed by atoms with van der Waals surface area (Å²) in [6.45, 7) is 2.12. The molecule has 0 aliphatic heterocycles. The second kappa shape index (κ2) is 6.05. The quantitative estimate of drug-likeness (QED) is 0.551. The van der Waals surface area contributed by atoms with Crippen molar-refractivity contribution in [3.63, 3.8) is 0 Å². The van der Waals surface area contributed by atoms with E-state index in [0.717, 1.165) is 25.0 Å². The van der Waals surface area contributed by atoms with Gasteiger partial charge in [0.15, 0.2) is 0 Å². The first-order valence-corrected chi connectivity index (χ1v) is 5.37. The zero-order valence-corrected chi connectivity index (χ0v) is 9.45. The minimum absolute atomic E-state index is 0.00773. The van der Waals surface area contributed by atoms with Crippen molar-refractivity contribution in [2.45, 2.75) is 26.2 Å². The maximum Gasteiger partial charge on any atom is 0.327 e. The van der Waals surface area contributed by atoms with E-state index in [1.807, 2.05) is 0 Å². The van der Waals surface area contributed by atoms with Gasteiger partial charge in [0, 0.05) is 23.2 Å². The molecular weight excluding hydrogens is 206 g/mol. The second-order valence-corrected chi connectivity index (χ2v) is 3.50. The summed E-state index contributed by atoms with van der Waals surface area (Å²) in [5.41, 5.74) is 7.87. The van der Waals surface area contributed by atoms with Crippen molar-refractivity contribution in [1.29, 1.82) is 5.41 Å². The molecule has 1 aliphatic carbocycles. The van der Waals surface area contributed by atoms with Gasteiger partial charge in [0.1, 0.15) is 6.54 Å². The molecule has 0 heterocycles. The fourth-order valence-corrected chi connectivity index (χ4v) is 1.61. The van der Waals surface area contributed by atoms with E-state index in [1.165, 1.54) is 6.21 Å². The van der Waals surface area contributed by atoms with E-state index >= 15 is 0 Å². The number of carbonyl (C=O) groups is 1. The van der Waals surface area contributed by atoms with E-state index in [0.29, 0.717) is 17.9 Å². The second-order valence-electron chi connectivity index (χ2n) is 3.50. The zero-order valence-electron chi connectivity index (χ0n) is 9.45. The third kappa shape index (κ3) is 3.18. The Morgan fingerprint density at radius 2 is 2.38 bits per heavy atom. The summed E-state index contributed by atoms with van der Waals surface area (Å²) in [5.74, 6) is -0.344. The molecule has 0 saturated carbocycles. The molecule has 5 heteroatoms. The molecule has 3 N–H and O–H groups in total. The first-order chi connectivity index (χ1) is 7.69. The molecule has 0 aromatic rings. The van der Waals surface area contributed by atoms with Crippen LogP contribution in [-0.2, 0) is 9.53 Å². The van der Waals surface area contributed by atoms with Gasteiger partial charge >= 0.3 is 5.97 Å². The SMILES string of the molecule is CCOC(=O)CN=C1CCCC(N)=C1C=N. The zero-order chi connectivity index (χ0) is 12.0. The van der Waals surface area contributed by atoms with Crippen LogP contribution in [0.25, 0.3) is 0 Å². The molecule has 0 radical (unpaired) electrons. The van der Waals surface area contributed by atoms with Gasteiger partial charge in [-0.2, -0.15) is 0 Å². The van der Waals surface area contributed by atoms with E-state index in [2.05, 4.69) is 4.99 Å². The van der Waals surface area contributed by atoms with Crippen molar-refractivity contribution in [2.24, 2.45) is 10.7 Å². The number of allylic oxidation sites excluding steroid dienone is 2. The molecule has 16 heavy (non-hydrogen) atoms. The van der Waals surface area contributed by atoms with Gasteiger partial charge < -0.3 is 15.9 Å². The number of aliphatic imine (C=N–C) groups is 1. The number of carbonyl (C=O) groups excluding carboxylic acids is 1. The van der Waals surface area contributed by atoms with Gasteiger partial charge in [0.2, 0.25) is 0 Å². The van der Waals surface area contributed by atoms with Gasteiger partial charge in [-0.1, -0.05) is 0 Å². The van der Waals surface area contributed by atoms with Crippen molar-refractivity contribution in [2.75, 3.05) is 13.2 Å². The third-order valence-corrected chi connectivity index (χ3v) is 2.37. The highest BCUT2D eigenvalue weighted by Gasteiger charge is 2.15. The summed E-state index contributed by atoms with van der Waals surface area (Å²) in [7, 11) is 0. The Balaban J connectivity index is 2.71. The first kappa shape index (κ1) is 12.4. The van der Waals surface area contributed by atoms with Crippen molar-refractivity contribution < 1.29 is 9.53 Å². The molecule has 0 atom stereocenters. The van der Waals surface area contributed by atoms with Crippen LogP contribution in [0.5, 0.6) is 0 Å². The number of hydrogen-bond donors (Lipinski definition) is 2. The Morgan fingerprint density at radius 1 is 1.62 bits per heavy atom. The summed E-state index contributed by atoms with van der Waals surface area (Å²) >= 11 is 0.